The molecule has 4 heteroatoms. The van der Waals surface area contributed by atoms with Crippen molar-refractivity contribution in [2.45, 2.75) is 32.9 Å². The van der Waals surface area contributed by atoms with Crippen LogP contribution in [0.3, 0.4) is 0 Å². The van der Waals surface area contributed by atoms with Crippen LogP contribution in [0.25, 0.3) is 0 Å². The first-order chi connectivity index (χ1) is 7.00. The van der Waals surface area contributed by atoms with E-state index in [0.29, 0.717) is 0 Å². The number of thiophene rings is 1. The molecular weight excluding hydrogens is 208 g/mol. The molecule has 1 aromatic rings. The highest BCUT2D eigenvalue weighted by atomic mass is 32.1. The van der Waals surface area contributed by atoms with Crippen molar-refractivity contribution >= 4 is 11.3 Å². The maximum atomic E-state index is 5.61. The van der Waals surface area contributed by atoms with E-state index in [0.717, 1.165) is 0 Å². The Balaban J connectivity index is 2.90. The van der Waals surface area contributed by atoms with Crippen molar-refractivity contribution in [1.82, 2.24) is 5.43 Å². The Hall–Kier alpha value is -0.420. The van der Waals surface area contributed by atoms with E-state index in [2.05, 4.69) is 43.0 Å². The lowest BCUT2D eigenvalue weighted by atomic mass is 9.83. The van der Waals surface area contributed by atoms with E-state index in [1.807, 2.05) is 0 Å². The van der Waals surface area contributed by atoms with E-state index in [-0.39, 0.29) is 17.6 Å². The van der Waals surface area contributed by atoms with Crippen molar-refractivity contribution in [3.63, 3.8) is 0 Å². The van der Waals surface area contributed by atoms with E-state index in [1.54, 1.807) is 18.4 Å². The van der Waals surface area contributed by atoms with Crippen LogP contribution in [0.1, 0.15) is 32.4 Å². The quantitative estimate of drug-likeness (QED) is 0.614. The zero-order chi connectivity index (χ0) is 11.5. The summed E-state index contributed by atoms with van der Waals surface area (Å²) < 4.78 is 5.55. The molecule has 0 fully saturated rings. The fourth-order valence-electron chi connectivity index (χ4n) is 1.80. The van der Waals surface area contributed by atoms with Crippen molar-refractivity contribution in [3.8, 4) is 0 Å². The molecule has 0 aliphatic heterocycles. The van der Waals surface area contributed by atoms with Crippen LogP contribution in [0.2, 0.25) is 0 Å². The van der Waals surface area contributed by atoms with Crippen molar-refractivity contribution in [1.29, 1.82) is 0 Å². The summed E-state index contributed by atoms with van der Waals surface area (Å²) in [5.41, 5.74) is 4.08. The zero-order valence-corrected chi connectivity index (χ0v) is 10.6. The van der Waals surface area contributed by atoms with Crippen molar-refractivity contribution < 1.29 is 4.74 Å². The number of hydrazine groups is 1. The lowest BCUT2D eigenvalue weighted by Crippen LogP contribution is -2.44. The number of hydrogen-bond donors (Lipinski definition) is 2. The second kappa shape index (κ2) is 5.07. The highest BCUT2D eigenvalue weighted by Crippen LogP contribution is 2.32. The largest absolute Gasteiger partial charge is 0.379 e. The third-order valence-electron chi connectivity index (χ3n) is 2.49. The summed E-state index contributed by atoms with van der Waals surface area (Å²) in [6.45, 7) is 6.45. The molecule has 3 nitrogen and oxygen atoms in total. The predicted octanol–water partition coefficient (Wildman–Crippen LogP) is 2.31. The Morgan fingerprint density at radius 3 is 2.47 bits per heavy atom. The molecule has 0 bridgehead atoms. The van der Waals surface area contributed by atoms with Crippen LogP contribution in [0.4, 0.5) is 0 Å². The van der Waals surface area contributed by atoms with Gasteiger partial charge in [-0.25, -0.2) is 0 Å². The lowest BCUT2D eigenvalue weighted by molar-refractivity contribution is -0.0119. The summed E-state index contributed by atoms with van der Waals surface area (Å²) in [5.74, 6) is 5.61. The van der Waals surface area contributed by atoms with Crippen LogP contribution in [0.15, 0.2) is 16.8 Å². The average molecular weight is 228 g/mol. The van der Waals surface area contributed by atoms with E-state index in [4.69, 9.17) is 10.6 Å². The smallest absolute Gasteiger partial charge is 0.0827 e. The predicted molar refractivity (Wildman–Crippen MR) is 64.6 cm³/mol. The molecule has 86 valence electrons. The molecule has 3 N–H and O–H groups in total. The Morgan fingerprint density at radius 2 is 2.13 bits per heavy atom. The molecule has 0 aliphatic rings. The summed E-state index contributed by atoms with van der Waals surface area (Å²) >= 11 is 1.67. The molecule has 0 spiro atoms. The van der Waals surface area contributed by atoms with Gasteiger partial charge in [0.1, 0.15) is 0 Å². The molecule has 1 heterocycles. The van der Waals surface area contributed by atoms with Gasteiger partial charge in [-0.2, -0.15) is 11.3 Å². The number of nitrogens with one attached hydrogen (secondary N) is 1. The molecule has 2 atom stereocenters. The number of ether oxygens (including phenoxy) is 1. The molecule has 0 radical (unpaired) electrons. The topological polar surface area (TPSA) is 47.3 Å². The van der Waals surface area contributed by atoms with Crippen LogP contribution in [-0.2, 0) is 4.74 Å². The second-order valence-corrected chi connectivity index (χ2v) is 5.50. The van der Waals surface area contributed by atoms with Crippen molar-refractivity contribution in [3.05, 3.63) is 22.4 Å². The van der Waals surface area contributed by atoms with E-state index < -0.39 is 0 Å². The first-order valence-electron chi connectivity index (χ1n) is 5.01. The molecule has 0 saturated heterocycles. The Kier molecular flexibility index (Phi) is 4.28. The maximum absolute atomic E-state index is 5.61. The van der Waals surface area contributed by atoms with Crippen LogP contribution in [0, 0.1) is 5.41 Å². The molecule has 1 aromatic heterocycles. The molecule has 1 rings (SSSR count). The third-order valence-corrected chi connectivity index (χ3v) is 3.19. The van der Waals surface area contributed by atoms with Crippen molar-refractivity contribution in [2.75, 3.05) is 7.11 Å². The Morgan fingerprint density at radius 1 is 1.47 bits per heavy atom. The first-order valence-corrected chi connectivity index (χ1v) is 5.96. The van der Waals surface area contributed by atoms with E-state index >= 15 is 0 Å². The lowest BCUT2D eigenvalue weighted by Gasteiger charge is -2.35. The van der Waals surface area contributed by atoms with Crippen molar-refractivity contribution in [2.24, 2.45) is 11.3 Å². The Bertz CT molecular complexity index is 279. The summed E-state index contributed by atoms with van der Waals surface area (Å²) in [7, 11) is 1.73. The van der Waals surface area contributed by atoms with Crippen LogP contribution in [0.5, 0.6) is 0 Å². The summed E-state index contributed by atoms with van der Waals surface area (Å²) in [5, 5.41) is 4.15. The standard InChI is InChI=1S/C11H20N2OS/c1-11(2,3)10(14-4)9(13-12)8-5-6-15-7-8/h5-7,9-10,13H,12H2,1-4H3. The van der Waals surface area contributed by atoms with Gasteiger partial charge in [0, 0.05) is 7.11 Å². The van der Waals surface area contributed by atoms with Crippen LogP contribution >= 0.6 is 11.3 Å². The van der Waals surface area contributed by atoms with Gasteiger partial charge < -0.3 is 4.74 Å². The SMILES string of the molecule is COC(C(NN)c1ccsc1)C(C)(C)C. The summed E-state index contributed by atoms with van der Waals surface area (Å²) in [6.07, 6.45) is 0.0529. The van der Waals surface area contributed by atoms with E-state index in [1.165, 1.54) is 5.56 Å². The number of methoxy groups -OCH3 is 1. The maximum Gasteiger partial charge on any atom is 0.0827 e. The first kappa shape index (κ1) is 12.6. The molecule has 0 saturated carbocycles. The van der Waals surface area contributed by atoms with Gasteiger partial charge in [0.2, 0.25) is 0 Å². The van der Waals surface area contributed by atoms with E-state index in [9.17, 15) is 0 Å². The minimum Gasteiger partial charge on any atom is -0.379 e. The van der Waals surface area contributed by atoms with Gasteiger partial charge >= 0.3 is 0 Å². The molecular formula is C11H20N2OS. The van der Waals surface area contributed by atoms with Crippen LogP contribution < -0.4 is 11.3 Å². The Labute approximate surface area is 95.6 Å². The normalized spacial score (nSPS) is 16.3. The fraction of sp³-hybridized carbons (Fsp3) is 0.636. The van der Waals surface area contributed by atoms with Gasteiger partial charge in [-0.1, -0.05) is 20.8 Å². The minimum atomic E-state index is 0.0428. The minimum absolute atomic E-state index is 0.0428. The molecule has 2 unspecified atom stereocenters. The number of hydrogen-bond acceptors (Lipinski definition) is 4. The highest BCUT2D eigenvalue weighted by molar-refractivity contribution is 7.07. The highest BCUT2D eigenvalue weighted by Gasteiger charge is 2.32. The summed E-state index contributed by atoms with van der Waals surface area (Å²) in [4.78, 5) is 0. The second-order valence-electron chi connectivity index (χ2n) is 4.72. The summed E-state index contributed by atoms with van der Waals surface area (Å²) in [6, 6.07) is 2.12. The molecule has 0 amide bonds. The van der Waals surface area contributed by atoms with Gasteiger partial charge in [-0.3, -0.25) is 11.3 Å². The molecule has 0 aromatic carbocycles. The van der Waals surface area contributed by atoms with Gasteiger partial charge in [0.15, 0.2) is 0 Å². The number of rotatable bonds is 4. The van der Waals surface area contributed by atoms with Gasteiger partial charge in [0.05, 0.1) is 12.1 Å². The number of nitrogens with two attached hydrogens (primary N) is 1. The average Bonchev–Trinajstić information content (AvgIpc) is 2.64. The third kappa shape index (κ3) is 3.01. The fourth-order valence-corrected chi connectivity index (χ4v) is 2.50. The van der Waals surface area contributed by atoms with Gasteiger partial charge in [-0.05, 0) is 27.8 Å². The zero-order valence-electron chi connectivity index (χ0n) is 9.78. The molecule has 0 aliphatic carbocycles. The van der Waals surface area contributed by atoms with Gasteiger partial charge in [-0.15, -0.1) is 0 Å². The van der Waals surface area contributed by atoms with Crippen LogP contribution in [-0.4, -0.2) is 13.2 Å². The van der Waals surface area contributed by atoms with Gasteiger partial charge in [0.25, 0.3) is 0 Å². The molecule has 15 heavy (non-hydrogen) atoms. The monoisotopic (exact) mass is 228 g/mol.